The van der Waals surface area contributed by atoms with E-state index < -0.39 is 47.9 Å². The van der Waals surface area contributed by atoms with Crippen LogP contribution < -0.4 is 4.74 Å². The number of imide groups is 1. The normalized spacial score (nSPS) is 21.9. The number of alkyl halides is 2. The Bertz CT molecular complexity index is 1510. The fraction of sp³-hybridized carbons (Fsp3) is 0.250. The van der Waals surface area contributed by atoms with Crippen molar-refractivity contribution in [3.63, 3.8) is 0 Å². The Morgan fingerprint density at radius 1 is 0.902 bits per heavy atom. The Hall–Kier alpha value is -2.57. The van der Waals surface area contributed by atoms with E-state index in [0.717, 1.165) is 10.0 Å². The summed E-state index contributed by atoms with van der Waals surface area (Å²) in [6.07, 6.45) is 0.798. The van der Waals surface area contributed by atoms with E-state index >= 15 is 0 Å². The van der Waals surface area contributed by atoms with Crippen LogP contribution >= 0.6 is 66.4 Å². The summed E-state index contributed by atoms with van der Waals surface area (Å²) in [4.78, 5) is 66.8. The van der Waals surface area contributed by atoms with E-state index in [1.165, 1.54) is 53.8 Å². The van der Waals surface area contributed by atoms with E-state index in [1.54, 1.807) is 17.5 Å². The molecule has 212 valence electrons. The third-order valence-electron chi connectivity index (χ3n) is 6.93. The molecule has 3 amide bonds. The molecule has 5 rings (SSSR count). The van der Waals surface area contributed by atoms with Crippen LogP contribution in [0.2, 0.25) is 10.0 Å². The molecule has 1 aromatic heterocycles. The zero-order valence-corrected chi connectivity index (χ0v) is 26.5. The van der Waals surface area contributed by atoms with Crippen LogP contribution in [0.1, 0.15) is 43.2 Å². The van der Waals surface area contributed by atoms with Gasteiger partial charge in [0.15, 0.2) is 5.78 Å². The van der Waals surface area contributed by atoms with Gasteiger partial charge in [-0.1, -0.05) is 61.1 Å². The second kappa shape index (κ2) is 12.3. The molecule has 2 heterocycles. The van der Waals surface area contributed by atoms with Crippen LogP contribution in [0.25, 0.3) is 0 Å². The Kier molecular flexibility index (Phi) is 9.01. The maximum atomic E-state index is 13.7. The van der Waals surface area contributed by atoms with Gasteiger partial charge in [0, 0.05) is 20.8 Å². The lowest BCUT2D eigenvalue weighted by atomic mass is 9.81. The minimum Gasteiger partial charge on any atom is -0.422 e. The van der Waals surface area contributed by atoms with Gasteiger partial charge in [0.2, 0.25) is 0 Å². The number of ketones is 1. The lowest BCUT2D eigenvalue weighted by molar-refractivity contribution is -0.154. The van der Waals surface area contributed by atoms with Gasteiger partial charge in [-0.2, -0.15) is 5.01 Å². The van der Waals surface area contributed by atoms with Crippen LogP contribution in [-0.2, 0) is 9.59 Å². The standard InChI is InChI=1S/C28H20Br2Cl2N2O6S/c29-19-11-17-18(12-20(19)30)27(38)34(26(17)37)33(25(36)15-5-8-21(31)22(32)10-15)13-23(35)14-3-6-16(7-4-14)40-28(39)24-2-1-9-41-24/h1-10,17-20H,11-13H2/t17-,18-,19+,20+/m1/s1. The highest BCUT2D eigenvalue weighted by Crippen LogP contribution is 2.43. The molecule has 0 spiro atoms. The molecule has 0 bridgehead atoms. The van der Waals surface area contributed by atoms with Crippen molar-refractivity contribution in [2.75, 3.05) is 6.54 Å². The monoisotopic (exact) mass is 740 g/mol. The maximum absolute atomic E-state index is 13.7. The van der Waals surface area contributed by atoms with Gasteiger partial charge >= 0.3 is 5.97 Å². The zero-order chi connectivity index (χ0) is 29.4. The Morgan fingerprint density at radius 2 is 1.51 bits per heavy atom. The number of carbonyl (C=O) groups is 5. The molecule has 2 aromatic carbocycles. The molecule has 0 radical (unpaired) electrons. The van der Waals surface area contributed by atoms with Crippen molar-refractivity contribution in [2.24, 2.45) is 11.8 Å². The molecule has 1 aliphatic carbocycles. The van der Waals surface area contributed by atoms with Crippen LogP contribution in [0.5, 0.6) is 5.75 Å². The number of halogens is 4. The number of esters is 1. The molecule has 3 aromatic rings. The lowest BCUT2D eigenvalue weighted by Gasteiger charge is -2.30. The molecule has 4 atom stereocenters. The molecule has 13 heteroatoms. The molecular formula is C28H20Br2Cl2N2O6S. The van der Waals surface area contributed by atoms with Gasteiger partial charge in [0.25, 0.3) is 17.7 Å². The summed E-state index contributed by atoms with van der Waals surface area (Å²) < 4.78 is 5.34. The van der Waals surface area contributed by atoms with Crippen LogP contribution in [0.15, 0.2) is 60.0 Å². The maximum Gasteiger partial charge on any atom is 0.353 e. The van der Waals surface area contributed by atoms with E-state index in [1.807, 2.05) is 0 Å². The minimum absolute atomic E-state index is 0.0336. The number of ether oxygens (including phenoxy) is 1. The molecule has 41 heavy (non-hydrogen) atoms. The first kappa shape index (κ1) is 29.9. The number of rotatable bonds is 7. The van der Waals surface area contributed by atoms with Crippen molar-refractivity contribution in [1.82, 2.24) is 10.0 Å². The first-order chi connectivity index (χ1) is 19.5. The van der Waals surface area contributed by atoms with Crippen LogP contribution in [-0.4, -0.2) is 55.7 Å². The number of amides is 3. The summed E-state index contributed by atoms with van der Waals surface area (Å²) in [5.74, 6) is -3.93. The first-order valence-electron chi connectivity index (χ1n) is 12.4. The number of benzene rings is 2. The summed E-state index contributed by atoms with van der Waals surface area (Å²) in [7, 11) is 0. The number of hydrazine groups is 1. The average Bonchev–Trinajstić information content (AvgIpc) is 3.57. The van der Waals surface area contributed by atoms with Gasteiger partial charge in [-0.25, -0.2) is 9.80 Å². The number of carbonyl (C=O) groups excluding carboxylic acids is 5. The van der Waals surface area contributed by atoms with E-state index in [2.05, 4.69) is 31.9 Å². The molecule has 2 aliphatic rings. The van der Waals surface area contributed by atoms with Gasteiger partial charge < -0.3 is 4.74 Å². The molecule has 2 fully saturated rings. The number of Topliss-reactive ketones (excluding diaryl/α,β-unsaturated/α-hetero) is 1. The van der Waals surface area contributed by atoms with Crippen molar-refractivity contribution in [1.29, 1.82) is 0 Å². The van der Waals surface area contributed by atoms with Crippen molar-refractivity contribution in [2.45, 2.75) is 22.5 Å². The topological polar surface area (TPSA) is 101 Å². The predicted molar refractivity (Wildman–Crippen MR) is 161 cm³/mol. The Morgan fingerprint density at radius 3 is 2.07 bits per heavy atom. The molecular weight excluding hydrogens is 723 g/mol. The van der Waals surface area contributed by atoms with Crippen LogP contribution in [0, 0.1) is 11.8 Å². The SMILES string of the molecule is O=C(CN(C(=O)c1ccc(Cl)c(Cl)c1)N1C(=O)[C@@H]2C[C@H](Br)[C@@H](Br)C[C@H]2C1=O)c1ccc(OC(=O)c2cccs2)cc1. The predicted octanol–water partition coefficient (Wildman–Crippen LogP) is 6.44. The van der Waals surface area contributed by atoms with Crippen molar-refractivity contribution >= 4 is 95.9 Å². The van der Waals surface area contributed by atoms with Crippen molar-refractivity contribution < 1.29 is 28.7 Å². The summed E-state index contributed by atoms with van der Waals surface area (Å²) in [6, 6.07) is 13.3. The smallest absolute Gasteiger partial charge is 0.353 e. The third-order valence-corrected chi connectivity index (χ3v) is 11.3. The Labute approximate surface area is 265 Å². The number of hydrogen-bond acceptors (Lipinski definition) is 7. The molecule has 1 aliphatic heterocycles. The fourth-order valence-corrected chi connectivity index (χ4v) is 6.95. The summed E-state index contributed by atoms with van der Waals surface area (Å²) in [6.45, 7) is -0.597. The van der Waals surface area contributed by atoms with Gasteiger partial charge in [-0.15, -0.1) is 11.3 Å². The number of hydrogen-bond donors (Lipinski definition) is 0. The summed E-state index contributed by atoms with van der Waals surface area (Å²) >= 11 is 20.5. The molecule has 1 saturated heterocycles. The van der Waals surface area contributed by atoms with Gasteiger partial charge in [-0.3, -0.25) is 19.2 Å². The van der Waals surface area contributed by atoms with Gasteiger partial charge in [0.1, 0.15) is 17.2 Å². The summed E-state index contributed by atoms with van der Waals surface area (Å²) in [5.41, 5.74) is 0.237. The van der Waals surface area contributed by atoms with E-state index in [4.69, 9.17) is 27.9 Å². The van der Waals surface area contributed by atoms with Crippen molar-refractivity contribution in [3.8, 4) is 5.75 Å². The second-order valence-electron chi connectivity index (χ2n) is 9.51. The average molecular weight is 743 g/mol. The first-order valence-corrected chi connectivity index (χ1v) is 15.8. The highest BCUT2D eigenvalue weighted by molar-refractivity contribution is 9.12. The fourth-order valence-electron chi connectivity index (χ4n) is 4.82. The van der Waals surface area contributed by atoms with Gasteiger partial charge in [-0.05, 0) is 66.8 Å². The van der Waals surface area contributed by atoms with Crippen molar-refractivity contribution in [3.05, 3.63) is 86.0 Å². The van der Waals surface area contributed by atoms with E-state index in [9.17, 15) is 24.0 Å². The quantitative estimate of drug-likeness (QED) is 0.0909. The number of thiophene rings is 1. The summed E-state index contributed by atoms with van der Waals surface area (Å²) in [5, 5.41) is 3.76. The van der Waals surface area contributed by atoms with E-state index in [-0.39, 0.29) is 36.6 Å². The molecule has 1 saturated carbocycles. The van der Waals surface area contributed by atoms with Gasteiger partial charge in [0.05, 0.1) is 21.9 Å². The lowest BCUT2D eigenvalue weighted by Crippen LogP contribution is -2.52. The zero-order valence-electron chi connectivity index (χ0n) is 21.0. The van der Waals surface area contributed by atoms with Crippen LogP contribution in [0.3, 0.4) is 0 Å². The molecule has 8 nitrogen and oxygen atoms in total. The Balaban J connectivity index is 1.41. The van der Waals surface area contributed by atoms with Crippen LogP contribution in [0.4, 0.5) is 0 Å². The number of nitrogens with zero attached hydrogens (tertiary/aromatic N) is 2. The second-order valence-corrected chi connectivity index (χ2v) is 13.6. The molecule has 0 N–H and O–H groups in total. The third kappa shape index (κ3) is 6.15. The minimum atomic E-state index is -0.760. The number of fused-ring (bicyclic) bond motifs is 1. The highest BCUT2D eigenvalue weighted by Gasteiger charge is 2.54. The largest absolute Gasteiger partial charge is 0.422 e. The molecule has 0 unspecified atom stereocenters. The van der Waals surface area contributed by atoms with E-state index in [0.29, 0.717) is 17.7 Å². The highest BCUT2D eigenvalue weighted by atomic mass is 79.9.